The number of ether oxygens (including phenoxy) is 2. The summed E-state index contributed by atoms with van der Waals surface area (Å²) < 4.78 is 10.9. The van der Waals surface area contributed by atoms with E-state index in [2.05, 4.69) is 11.6 Å². The summed E-state index contributed by atoms with van der Waals surface area (Å²) in [6, 6.07) is 6.01. The molecule has 0 aromatic heterocycles. The Morgan fingerprint density at radius 3 is 2.75 bits per heavy atom. The largest absolute Gasteiger partial charge is 0.493 e. The van der Waals surface area contributed by atoms with Crippen LogP contribution in [0.4, 0.5) is 0 Å². The fourth-order valence-corrected chi connectivity index (χ4v) is 1.63. The Labute approximate surface area is 102 Å². The molecule has 0 aliphatic carbocycles. The van der Waals surface area contributed by atoms with Crippen LogP contribution in [0.2, 0.25) is 0 Å². The van der Waals surface area contributed by atoms with Crippen LogP contribution in [-0.4, -0.2) is 32.8 Å². The van der Waals surface area contributed by atoms with Gasteiger partial charge in [-0.1, -0.05) is 6.07 Å². The fourth-order valence-electron chi connectivity index (χ4n) is 1.38. The predicted octanol–water partition coefficient (Wildman–Crippen LogP) is 2.16. The maximum atomic E-state index is 5.68. The van der Waals surface area contributed by atoms with Crippen molar-refractivity contribution in [3.05, 3.63) is 23.8 Å². The van der Waals surface area contributed by atoms with Crippen LogP contribution in [0.3, 0.4) is 0 Å². The average Bonchev–Trinajstić information content (AvgIpc) is 2.30. The Kier molecular flexibility index (Phi) is 6.11. The Bertz CT molecular complexity index is 318. The zero-order valence-electron chi connectivity index (χ0n) is 10.1. The van der Waals surface area contributed by atoms with Crippen molar-refractivity contribution in [3.63, 3.8) is 0 Å². The number of rotatable bonds is 7. The van der Waals surface area contributed by atoms with Crippen LogP contribution in [-0.2, 0) is 6.54 Å². The molecular weight excluding hydrogens is 222 g/mol. The van der Waals surface area contributed by atoms with Crippen molar-refractivity contribution in [1.82, 2.24) is 5.32 Å². The Morgan fingerprint density at radius 2 is 2.12 bits per heavy atom. The molecule has 0 saturated carbocycles. The molecule has 1 rings (SSSR count). The standard InChI is InChI=1S/C12H19NO2S/c1-13-9-10-4-5-11(14-2)12(8-10)15-6-7-16-3/h4-5,8,13H,6-7,9H2,1-3H3. The van der Waals surface area contributed by atoms with Gasteiger partial charge in [-0.2, -0.15) is 11.8 Å². The summed E-state index contributed by atoms with van der Waals surface area (Å²) in [5.74, 6) is 2.60. The third-order valence-corrected chi connectivity index (χ3v) is 2.73. The first kappa shape index (κ1) is 13.2. The topological polar surface area (TPSA) is 30.5 Å². The summed E-state index contributed by atoms with van der Waals surface area (Å²) in [6.07, 6.45) is 2.07. The summed E-state index contributed by atoms with van der Waals surface area (Å²) in [6.45, 7) is 1.55. The molecule has 0 fully saturated rings. The molecule has 0 bridgehead atoms. The van der Waals surface area contributed by atoms with E-state index in [4.69, 9.17) is 9.47 Å². The maximum absolute atomic E-state index is 5.68. The van der Waals surface area contributed by atoms with Gasteiger partial charge < -0.3 is 14.8 Å². The van der Waals surface area contributed by atoms with Gasteiger partial charge in [0.25, 0.3) is 0 Å². The molecule has 90 valence electrons. The number of benzene rings is 1. The monoisotopic (exact) mass is 241 g/mol. The number of hydrogen-bond acceptors (Lipinski definition) is 4. The average molecular weight is 241 g/mol. The molecule has 1 aromatic carbocycles. The molecule has 4 heteroatoms. The normalized spacial score (nSPS) is 10.2. The highest BCUT2D eigenvalue weighted by molar-refractivity contribution is 7.98. The van der Waals surface area contributed by atoms with Gasteiger partial charge in [-0.05, 0) is 31.0 Å². The van der Waals surface area contributed by atoms with E-state index < -0.39 is 0 Å². The minimum Gasteiger partial charge on any atom is -0.493 e. The number of hydrogen-bond donors (Lipinski definition) is 1. The van der Waals surface area contributed by atoms with Crippen LogP contribution >= 0.6 is 11.8 Å². The van der Waals surface area contributed by atoms with Crippen molar-refractivity contribution in [2.75, 3.05) is 32.8 Å². The molecule has 0 saturated heterocycles. The van der Waals surface area contributed by atoms with Crippen LogP contribution in [0.25, 0.3) is 0 Å². The first-order valence-corrected chi connectivity index (χ1v) is 6.64. The number of nitrogens with one attached hydrogen (secondary N) is 1. The van der Waals surface area contributed by atoms with E-state index in [-0.39, 0.29) is 0 Å². The predicted molar refractivity (Wildman–Crippen MR) is 69.6 cm³/mol. The summed E-state index contributed by atoms with van der Waals surface area (Å²) in [5, 5.41) is 3.12. The van der Waals surface area contributed by atoms with Crippen LogP contribution in [0.1, 0.15) is 5.56 Å². The second kappa shape index (κ2) is 7.41. The van der Waals surface area contributed by atoms with Gasteiger partial charge in [-0.3, -0.25) is 0 Å². The number of methoxy groups -OCH3 is 1. The second-order valence-electron chi connectivity index (χ2n) is 3.36. The van der Waals surface area contributed by atoms with Crippen molar-refractivity contribution in [2.45, 2.75) is 6.54 Å². The summed E-state index contributed by atoms with van der Waals surface area (Å²) in [5.41, 5.74) is 1.20. The Morgan fingerprint density at radius 1 is 1.31 bits per heavy atom. The lowest BCUT2D eigenvalue weighted by Crippen LogP contribution is -2.06. The van der Waals surface area contributed by atoms with Gasteiger partial charge in [-0.15, -0.1) is 0 Å². The number of thioether (sulfide) groups is 1. The lowest BCUT2D eigenvalue weighted by Gasteiger charge is -2.11. The van der Waals surface area contributed by atoms with E-state index in [0.29, 0.717) is 6.61 Å². The van der Waals surface area contributed by atoms with Crippen LogP contribution < -0.4 is 14.8 Å². The van der Waals surface area contributed by atoms with Gasteiger partial charge in [0.15, 0.2) is 11.5 Å². The molecule has 3 nitrogen and oxygen atoms in total. The molecule has 1 aromatic rings. The third kappa shape index (κ3) is 3.94. The van der Waals surface area contributed by atoms with Crippen molar-refractivity contribution in [3.8, 4) is 11.5 Å². The van der Waals surface area contributed by atoms with Gasteiger partial charge in [0.05, 0.1) is 13.7 Å². The fraction of sp³-hybridized carbons (Fsp3) is 0.500. The van der Waals surface area contributed by atoms with E-state index in [1.807, 2.05) is 25.2 Å². The molecule has 16 heavy (non-hydrogen) atoms. The molecule has 0 amide bonds. The first-order chi connectivity index (χ1) is 7.81. The molecule has 0 unspecified atom stereocenters. The van der Waals surface area contributed by atoms with E-state index in [1.54, 1.807) is 18.9 Å². The Hall–Kier alpha value is -0.870. The van der Waals surface area contributed by atoms with Crippen molar-refractivity contribution in [1.29, 1.82) is 0 Å². The van der Waals surface area contributed by atoms with Crippen molar-refractivity contribution in [2.24, 2.45) is 0 Å². The van der Waals surface area contributed by atoms with Gasteiger partial charge in [0.2, 0.25) is 0 Å². The first-order valence-electron chi connectivity index (χ1n) is 5.25. The SMILES string of the molecule is CNCc1ccc(OC)c(OCCSC)c1. The van der Waals surface area contributed by atoms with E-state index in [0.717, 1.165) is 23.8 Å². The smallest absolute Gasteiger partial charge is 0.161 e. The van der Waals surface area contributed by atoms with E-state index in [9.17, 15) is 0 Å². The second-order valence-corrected chi connectivity index (χ2v) is 4.34. The molecule has 0 aliphatic heterocycles. The quantitative estimate of drug-likeness (QED) is 0.741. The third-order valence-electron chi connectivity index (χ3n) is 2.15. The molecule has 1 N–H and O–H groups in total. The van der Waals surface area contributed by atoms with Crippen LogP contribution in [0, 0.1) is 0 Å². The van der Waals surface area contributed by atoms with Crippen molar-refractivity contribution >= 4 is 11.8 Å². The minimum absolute atomic E-state index is 0.709. The van der Waals surface area contributed by atoms with Gasteiger partial charge in [-0.25, -0.2) is 0 Å². The summed E-state index contributed by atoms with van der Waals surface area (Å²) in [7, 11) is 3.59. The zero-order valence-corrected chi connectivity index (χ0v) is 10.9. The van der Waals surface area contributed by atoms with Gasteiger partial charge in [0.1, 0.15) is 0 Å². The summed E-state index contributed by atoms with van der Waals surface area (Å²) in [4.78, 5) is 0. The molecule has 0 aliphatic rings. The highest BCUT2D eigenvalue weighted by atomic mass is 32.2. The maximum Gasteiger partial charge on any atom is 0.161 e. The highest BCUT2D eigenvalue weighted by Gasteiger charge is 2.05. The molecule has 0 atom stereocenters. The minimum atomic E-state index is 0.709. The molecule has 0 radical (unpaired) electrons. The lowest BCUT2D eigenvalue weighted by molar-refractivity contribution is 0.313. The molecule has 0 heterocycles. The molecular formula is C12H19NO2S. The Balaban J connectivity index is 2.72. The van der Waals surface area contributed by atoms with Gasteiger partial charge >= 0.3 is 0 Å². The van der Waals surface area contributed by atoms with Gasteiger partial charge in [0, 0.05) is 12.3 Å². The highest BCUT2D eigenvalue weighted by Crippen LogP contribution is 2.28. The lowest BCUT2D eigenvalue weighted by atomic mass is 10.2. The molecule has 0 spiro atoms. The zero-order chi connectivity index (χ0) is 11.8. The van der Waals surface area contributed by atoms with E-state index in [1.165, 1.54) is 5.56 Å². The van der Waals surface area contributed by atoms with Crippen LogP contribution in [0.5, 0.6) is 11.5 Å². The van der Waals surface area contributed by atoms with Crippen molar-refractivity contribution < 1.29 is 9.47 Å². The summed E-state index contributed by atoms with van der Waals surface area (Å²) >= 11 is 1.77. The van der Waals surface area contributed by atoms with Crippen LogP contribution in [0.15, 0.2) is 18.2 Å². The van der Waals surface area contributed by atoms with E-state index >= 15 is 0 Å².